The molecule has 0 aliphatic carbocycles. The van der Waals surface area contributed by atoms with Crippen LogP contribution in [0.2, 0.25) is 0 Å². The van der Waals surface area contributed by atoms with E-state index in [1.165, 1.54) is 12.3 Å². The number of pyridine rings is 1. The zero-order valence-corrected chi connectivity index (χ0v) is 11.0. The van der Waals surface area contributed by atoms with Gasteiger partial charge in [0.1, 0.15) is 11.6 Å². The van der Waals surface area contributed by atoms with Crippen LogP contribution < -0.4 is 10.6 Å². The van der Waals surface area contributed by atoms with Crippen molar-refractivity contribution in [1.82, 2.24) is 4.98 Å². The summed E-state index contributed by atoms with van der Waals surface area (Å²) in [4.78, 5) is 26.0. The number of aromatic nitrogens is 1. The van der Waals surface area contributed by atoms with Crippen molar-refractivity contribution >= 4 is 23.1 Å². The molecular formula is C13H11FN4O3. The maximum Gasteiger partial charge on any atom is 0.274 e. The van der Waals surface area contributed by atoms with Crippen molar-refractivity contribution in [2.45, 2.75) is 0 Å². The van der Waals surface area contributed by atoms with Gasteiger partial charge in [-0.15, -0.1) is 0 Å². The molecule has 1 aromatic heterocycles. The van der Waals surface area contributed by atoms with Crippen LogP contribution in [-0.4, -0.2) is 22.9 Å². The third-order valence-corrected chi connectivity index (χ3v) is 2.64. The molecule has 0 aliphatic rings. The van der Waals surface area contributed by atoms with Crippen LogP contribution >= 0.6 is 0 Å². The summed E-state index contributed by atoms with van der Waals surface area (Å²) in [5.74, 6) is -1.01. The summed E-state index contributed by atoms with van der Waals surface area (Å²) in [5.41, 5.74) is -0.199. The summed E-state index contributed by atoms with van der Waals surface area (Å²) < 4.78 is 13.3. The summed E-state index contributed by atoms with van der Waals surface area (Å²) in [6, 6.07) is 5.96. The molecule has 0 radical (unpaired) electrons. The molecule has 0 spiro atoms. The zero-order chi connectivity index (χ0) is 15.4. The summed E-state index contributed by atoms with van der Waals surface area (Å²) in [7, 11) is 1.60. The standard InChI is InChI=1S/C13H11FN4O3/c1-15-12-11(3-2-4-16-12)13(19)17-9-5-8(14)6-10(7-9)18(20)21/h2-7H,1H3,(H,15,16)(H,17,19). The predicted molar refractivity (Wildman–Crippen MR) is 74.8 cm³/mol. The van der Waals surface area contributed by atoms with E-state index in [9.17, 15) is 19.3 Å². The Morgan fingerprint density at radius 3 is 2.81 bits per heavy atom. The van der Waals surface area contributed by atoms with E-state index in [0.717, 1.165) is 18.2 Å². The van der Waals surface area contributed by atoms with Crippen LogP contribution in [0, 0.1) is 15.9 Å². The minimum absolute atomic E-state index is 0.00222. The highest BCUT2D eigenvalue weighted by Gasteiger charge is 2.15. The Hall–Kier alpha value is -3.03. The van der Waals surface area contributed by atoms with Crippen molar-refractivity contribution in [3.63, 3.8) is 0 Å². The first-order valence-corrected chi connectivity index (χ1v) is 5.90. The lowest BCUT2D eigenvalue weighted by Gasteiger charge is -2.08. The molecule has 0 unspecified atom stereocenters. The Bertz CT molecular complexity index is 706. The van der Waals surface area contributed by atoms with E-state index >= 15 is 0 Å². The van der Waals surface area contributed by atoms with E-state index in [4.69, 9.17) is 0 Å². The lowest BCUT2D eigenvalue weighted by molar-refractivity contribution is -0.385. The second-order valence-electron chi connectivity index (χ2n) is 4.06. The van der Waals surface area contributed by atoms with Gasteiger partial charge in [0.25, 0.3) is 11.6 Å². The molecule has 21 heavy (non-hydrogen) atoms. The van der Waals surface area contributed by atoms with E-state index in [0.29, 0.717) is 5.82 Å². The van der Waals surface area contributed by atoms with Crippen LogP contribution in [0.4, 0.5) is 21.6 Å². The first-order valence-electron chi connectivity index (χ1n) is 5.90. The topological polar surface area (TPSA) is 97.2 Å². The number of hydrogen-bond acceptors (Lipinski definition) is 5. The number of nitrogens with zero attached hydrogens (tertiary/aromatic N) is 2. The maximum absolute atomic E-state index is 13.3. The number of rotatable bonds is 4. The summed E-state index contributed by atoms with van der Waals surface area (Å²) in [6.45, 7) is 0. The highest BCUT2D eigenvalue weighted by Crippen LogP contribution is 2.21. The first kappa shape index (κ1) is 14.4. The second kappa shape index (κ2) is 5.95. The molecule has 1 amide bonds. The molecule has 2 rings (SSSR count). The van der Waals surface area contributed by atoms with E-state index in [1.54, 1.807) is 13.1 Å². The van der Waals surface area contributed by atoms with Gasteiger partial charge in [0.05, 0.1) is 22.2 Å². The fourth-order valence-electron chi connectivity index (χ4n) is 1.74. The predicted octanol–water partition coefficient (Wildman–Crippen LogP) is 2.42. The van der Waals surface area contributed by atoms with E-state index in [-0.39, 0.29) is 11.3 Å². The highest BCUT2D eigenvalue weighted by molar-refractivity contribution is 6.07. The van der Waals surface area contributed by atoms with Crippen molar-refractivity contribution in [3.05, 3.63) is 58.0 Å². The van der Waals surface area contributed by atoms with Crippen LogP contribution in [0.3, 0.4) is 0 Å². The SMILES string of the molecule is CNc1ncccc1C(=O)Nc1cc(F)cc([N+](=O)[O-])c1. The normalized spacial score (nSPS) is 10.0. The van der Waals surface area contributed by atoms with Gasteiger partial charge in [0.2, 0.25) is 0 Å². The molecule has 2 N–H and O–H groups in total. The van der Waals surface area contributed by atoms with Gasteiger partial charge in [-0.2, -0.15) is 0 Å². The molecule has 0 fully saturated rings. The van der Waals surface area contributed by atoms with Gasteiger partial charge in [-0.05, 0) is 18.2 Å². The Morgan fingerprint density at radius 1 is 1.38 bits per heavy atom. The molecule has 0 aliphatic heterocycles. The van der Waals surface area contributed by atoms with Crippen LogP contribution in [0.5, 0.6) is 0 Å². The highest BCUT2D eigenvalue weighted by atomic mass is 19.1. The van der Waals surface area contributed by atoms with Crippen LogP contribution in [-0.2, 0) is 0 Å². The Kier molecular flexibility index (Phi) is 4.07. The summed E-state index contributed by atoms with van der Waals surface area (Å²) >= 11 is 0. The van der Waals surface area contributed by atoms with Crippen LogP contribution in [0.15, 0.2) is 36.5 Å². The van der Waals surface area contributed by atoms with Gasteiger partial charge < -0.3 is 10.6 Å². The molecule has 2 aromatic rings. The van der Waals surface area contributed by atoms with E-state index in [1.807, 2.05) is 0 Å². The van der Waals surface area contributed by atoms with Gasteiger partial charge in [-0.25, -0.2) is 9.37 Å². The number of nitrogens with one attached hydrogen (secondary N) is 2. The number of carbonyl (C=O) groups is 1. The lowest BCUT2D eigenvalue weighted by atomic mass is 10.2. The van der Waals surface area contributed by atoms with Gasteiger partial charge in [0.15, 0.2) is 0 Å². The van der Waals surface area contributed by atoms with Crippen molar-refractivity contribution < 1.29 is 14.1 Å². The molecule has 0 bridgehead atoms. The summed E-state index contributed by atoms with van der Waals surface area (Å²) in [5, 5.41) is 15.8. The van der Waals surface area contributed by atoms with E-state index < -0.39 is 22.3 Å². The fourth-order valence-corrected chi connectivity index (χ4v) is 1.74. The number of amides is 1. The van der Waals surface area contributed by atoms with Crippen LogP contribution in [0.1, 0.15) is 10.4 Å². The number of carbonyl (C=O) groups excluding carboxylic acids is 1. The molecule has 108 valence electrons. The van der Waals surface area contributed by atoms with Crippen molar-refractivity contribution in [2.75, 3.05) is 17.7 Å². The van der Waals surface area contributed by atoms with Gasteiger partial charge in [0, 0.05) is 19.3 Å². The smallest absolute Gasteiger partial charge is 0.274 e. The van der Waals surface area contributed by atoms with Crippen molar-refractivity contribution in [2.24, 2.45) is 0 Å². The number of nitro groups is 1. The minimum Gasteiger partial charge on any atom is -0.372 e. The third-order valence-electron chi connectivity index (χ3n) is 2.64. The maximum atomic E-state index is 13.3. The van der Waals surface area contributed by atoms with Crippen LogP contribution in [0.25, 0.3) is 0 Å². The molecular weight excluding hydrogens is 279 g/mol. The molecule has 8 heteroatoms. The lowest BCUT2D eigenvalue weighted by Crippen LogP contribution is -2.15. The summed E-state index contributed by atoms with van der Waals surface area (Å²) in [6.07, 6.45) is 1.51. The van der Waals surface area contributed by atoms with Crippen molar-refractivity contribution in [1.29, 1.82) is 0 Å². The monoisotopic (exact) mass is 290 g/mol. The minimum atomic E-state index is -0.806. The fraction of sp³-hybridized carbons (Fsp3) is 0.0769. The molecule has 0 atom stereocenters. The Labute approximate surface area is 119 Å². The zero-order valence-electron chi connectivity index (χ0n) is 11.0. The van der Waals surface area contributed by atoms with Gasteiger partial charge in [-0.1, -0.05) is 0 Å². The number of benzene rings is 1. The van der Waals surface area contributed by atoms with E-state index in [2.05, 4.69) is 15.6 Å². The quantitative estimate of drug-likeness (QED) is 0.665. The molecule has 1 aromatic carbocycles. The Balaban J connectivity index is 2.29. The molecule has 1 heterocycles. The van der Waals surface area contributed by atoms with Gasteiger partial charge >= 0.3 is 0 Å². The number of anilines is 2. The molecule has 0 saturated heterocycles. The average molecular weight is 290 g/mol. The third kappa shape index (κ3) is 3.30. The number of halogens is 1. The van der Waals surface area contributed by atoms with Gasteiger partial charge in [-0.3, -0.25) is 14.9 Å². The Morgan fingerprint density at radius 2 is 2.14 bits per heavy atom. The average Bonchev–Trinajstić information content (AvgIpc) is 2.46. The second-order valence-corrected chi connectivity index (χ2v) is 4.06. The first-order chi connectivity index (χ1) is 10.0. The molecule has 7 nitrogen and oxygen atoms in total. The number of non-ortho nitro benzene ring substituents is 1. The number of hydrogen-bond donors (Lipinski definition) is 2. The number of nitro benzene ring substituents is 1. The van der Waals surface area contributed by atoms with Crippen molar-refractivity contribution in [3.8, 4) is 0 Å². The molecule has 0 saturated carbocycles. The largest absolute Gasteiger partial charge is 0.372 e.